The first kappa shape index (κ1) is 44.4. The van der Waals surface area contributed by atoms with Gasteiger partial charge in [0.2, 0.25) is 0 Å². The van der Waals surface area contributed by atoms with Crippen LogP contribution in [0.25, 0.3) is 0 Å². The maximum Gasteiger partial charge on any atom is 0.302 e. The molecule has 0 bridgehead atoms. The third kappa shape index (κ3) is 20.2. The van der Waals surface area contributed by atoms with Crippen LogP contribution in [0, 0.1) is 0 Å². The number of ether oxygens (including phenoxy) is 5. The molecule has 0 N–H and O–H groups in total. The molecule has 0 aromatic rings. The molecule has 0 amide bonds. The number of esters is 2. The predicted molar refractivity (Wildman–Crippen MR) is 209 cm³/mol. The van der Waals surface area contributed by atoms with Gasteiger partial charge in [-0.15, -0.1) is 0 Å². The first-order valence-electron chi connectivity index (χ1n) is 19.6. The third-order valence-electron chi connectivity index (χ3n) is 9.81. The third-order valence-corrected chi connectivity index (χ3v) is 9.81. The van der Waals surface area contributed by atoms with Gasteiger partial charge in [-0.05, 0) is 155 Å². The highest BCUT2D eigenvalue weighted by atomic mass is 16.6. The van der Waals surface area contributed by atoms with Gasteiger partial charge in [0.1, 0.15) is 25.4 Å². The Morgan fingerprint density at radius 2 is 0.882 bits per heavy atom. The van der Waals surface area contributed by atoms with Crippen molar-refractivity contribution in [2.24, 2.45) is 0 Å². The van der Waals surface area contributed by atoms with Crippen molar-refractivity contribution in [2.75, 3.05) is 26.4 Å². The van der Waals surface area contributed by atoms with Crippen LogP contribution in [0.4, 0.5) is 0 Å². The molecule has 2 aliphatic rings. The molecular weight excluding hydrogens is 640 g/mol. The summed E-state index contributed by atoms with van der Waals surface area (Å²) in [6.07, 6.45) is 27.7. The van der Waals surface area contributed by atoms with Crippen molar-refractivity contribution >= 4 is 11.9 Å². The van der Waals surface area contributed by atoms with Crippen LogP contribution in [0.2, 0.25) is 0 Å². The largest absolute Gasteiger partial charge is 0.462 e. The molecule has 2 aliphatic heterocycles. The fourth-order valence-corrected chi connectivity index (χ4v) is 6.53. The smallest absolute Gasteiger partial charge is 0.302 e. The van der Waals surface area contributed by atoms with Crippen LogP contribution in [-0.2, 0) is 33.3 Å². The second-order valence-electron chi connectivity index (χ2n) is 14.6. The number of carbonyl (C=O) groups excluding carboxylic acids is 2. The highest BCUT2D eigenvalue weighted by Gasteiger charge is 2.34. The summed E-state index contributed by atoms with van der Waals surface area (Å²) in [5.74, 6) is -0.488. The van der Waals surface area contributed by atoms with Gasteiger partial charge < -0.3 is 23.7 Å². The van der Waals surface area contributed by atoms with Crippen LogP contribution in [0.1, 0.15) is 145 Å². The molecule has 7 nitrogen and oxygen atoms in total. The van der Waals surface area contributed by atoms with Gasteiger partial charge in [0.05, 0.1) is 12.2 Å². The Morgan fingerprint density at radius 1 is 0.529 bits per heavy atom. The Morgan fingerprint density at radius 3 is 1.22 bits per heavy atom. The van der Waals surface area contributed by atoms with Crippen molar-refractivity contribution in [2.45, 2.75) is 170 Å². The molecule has 0 aliphatic carbocycles. The molecule has 4 atom stereocenters. The minimum atomic E-state index is -0.244. The zero-order valence-electron chi connectivity index (χ0n) is 33.4. The second-order valence-corrected chi connectivity index (χ2v) is 14.6. The molecule has 288 valence electrons. The van der Waals surface area contributed by atoms with Gasteiger partial charge in [-0.2, -0.15) is 0 Å². The van der Waals surface area contributed by atoms with Crippen LogP contribution in [0.3, 0.4) is 0 Å². The summed E-state index contributed by atoms with van der Waals surface area (Å²) in [5, 5.41) is 0. The SMILES string of the molecule is CC(=O)OCC=C(C)CCC=C(C)CCC=C(C)C(OC(C(C)=CCCC(C)=CCCC(C)=CCOC(C)=O)C1CCCCO1)C1CCCCO1. The van der Waals surface area contributed by atoms with Crippen molar-refractivity contribution < 1.29 is 33.3 Å². The van der Waals surface area contributed by atoms with Gasteiger partial charge >= 0.3 is 11.9 Å². The van der Waals surface area contributed by atoms with E-state index >= 15 is 0 Å². The zero-order chi connectivity index (χ0) is 37.4. The van der Waals surface area contributed by atoms with E-state index in [-0.39, 0.29) is 36.4 Å². The Balaban J connectivity index is 2.06. The maximum atomic E-state index is 11.0. The minimum Gasteiger partial charge on any atom is -0.462 e. The Bertz CT molecular complexity index is 1130. The average Bonchev–Trinajstić information content (AvgIpc) is 3.09. The van der Waals surface area contributed by atoms with E-state index in [0.717, 1.165) is 90.3 Å². The summed E-state index contributed by atoms with van der Waals surface area (Å²) < 4.78 is 29.9. The lowest BCUT2D eigenvalue weighted by Gasteiger charge is -2.38. The van der Waals surface area contributed by atoms with Crippen molar-refractivity contribution in [3.05, 3.63) is 69.9 Å². The summed E-state index contributed by atoms with van der Waals surface area (Å²) in [7, 11) is 0. The molecular formula is C44H70O7. The van der Waals surface area contributed by atoms with E-state index in [1.165, 1.54) is 60.1 Å². The molecule has 2 heterocycles. The van der Waals surface area contributed by atoms with Crippen LogP contribution in [0.5, 0.6) is 0 Å². The van der Waals surface area contributed by atoms with Crippen LogP contribution in [-0.4, -0.2) is 62.8 Å². The van der Waals surface area contributed by atoms with Gasteiger partial charge in [0, 0.05) is 27.1 Å². The molecule has 0 radical (unpaired) electrons. The van der Waals surface area contributed by atoms with Gasteiger partial charge in [0.15, 0.2) is 0 Å². The van der Waals surface area contributed by atoms with Crippen molar-refractivity contribution in [1.82, 2.24) is 0 Å². The van der Waals surface area contributed by atoms with Gasteiger partial charge in [-0.25, -0.2) is 0 Å². The molecule has 2 rings (SSSR count). The highest BCUT2D eigenvalue weighted by molar-refractivity contribution is 5.66. The molecule has 51 heavy (non-hydrogen) atoms. The highest BCUT2D eigenvalue weighted by Crippen LogP contribution is 2.30. The first-order chi connectivity index (χ1) is 24.5. The molecule has 0 saturated carbocycles. The quantitative estimate of drug-likeness (QED) is 0.0817. The van der Waals surface area contributed by atoms with Crippen LogP contribution >= 0.6 is 0 Å². The number of carbonyl (C=O) groups is 2. The number of hydrogen-bond donors (Lipinski definition) is 0. The van der Waals surface area contributed by atoms with Crippen molar-refractivity contribution in [3.63, 3.8) is 0 Å². The summed E-state index contributed by atoms with van der Waals surface area (Å²) in [4.78, 5) is 22.0. The van der Waals surface area contributed by atoms with E-state index in [1.54, 1.807) is 0 Å². The average molecular weight is 711 g/mol. The fourth-order valence-electron chi connectivity index (χ4n) is 6.53. The molecule has 0 aromatic heterocycles. The van der Waals surface area contributed by atoms with Crippen molar-refractivity contribution in [1.29, 1.82) is 0 Å². The van der Waals surface area contributed by atoms with E-state index in [9.17, 15) is 9.59 Å². The summed E-state index contributed by atoms with van der Waals surface area (Å²) >= 11 is 0. The number of allylic oxidation sites excluding steroid dienone is 8. The predicted octanol–water partition coefficient (Wildman–Crippen LogP) is 10.8. The molecule has 0 spiro atoms. The molecule has 4 unspecified atom stereocenters. The monoisotopic (exact) mass is 711 g/mol. The van der Waals surface area contributed by atoms with Crippen molar-refractivity contribution in [3.8, 4) is 0 Å². The lowest BCUT2D eigenvalue weighted by Crippen LogP contribution is -2.43. The van der Waals surface area contributed by atoms with Gasteiger partial charge in [-0.3, -0.25) is 9.59 Å². The second kappa shape index (κ2) is 26.1. The van der Waals surface area contributed by atoms with E-state index < -0.39 is 0 Å². The number of rotatable bonds is 22. The van der Waals surface area contributed by atoms with E-state index in [4.69, 9.17) is 23.7 Å². The standard InChI is InChI=1S/C44H70O7/c1-33(17-13-19-35(3)27-31-47-39(7)45)21-15-23-37(5)43(41-25-9-11-29-49-41)51-44(42-26-10-12-30-50-42)38(6)24-16-22-34(2)18-14-20-36(4)28-32-48-40(8)46/h17-18,23-24,27-28,41-44H,9-16,19-22,25-26,29-32H2,1-8H3. The lowest BCUT2D eigenvalue weighted by molar-refractivity contribution is -0.140. The van der Waals surface area contributed by atoms with Crippen LogP contribution < -0.4 is 0 Å². The summed E-state index contributed by atoms with van der Waals surface area (Å²) in [5.41, 5.74) is 7.77. The summed E-state index contributed by atoms with van der Waals surface area (Å²) in [6.45, 7) is 18.2. The Labute approximate surface area is 310 Å². The minimum absolute atomic E-state index is 0.0592. The van der Waals surface area contributed by atoms with E-state index in [1.807, 2.05) is 12.2 Å². The van der Waals surface area contributed by atoms with E-state index in [0.29, 0.717) is 13.2 Å². The normalized spacial score (nSPS) is 21.3. The zero-order valence-corrected chi connectivity index (χ0v) is 33.4. The fraction of sp³-hybridized carbons (Fsp3) is 0.682. The molecule has 7 heteroatoms. The summed E-state index contributed by atoms with van der Waals surface area (Å²) in [6, 6.07) is 0. The van der Waals surface area contributed by atoms with Crippen LogP contribution in [0.15, 0.2) is 69.9 Å². The molecule has 2 fully saturated rings. The Kier molecular flexibility index (Phi) is 22.7. The maximum absolute atomic E-state index is 11.0. The lowest BCUT2D eigenvalue weighted by atomic mass is 9.94. The van der Waals surface area contributed by atoms with E-state index in [2.05, 4.69) is 65.8 Å². The first-order valence-corrected chi connectivity index (χ1v) is 19.6. The molecule has 2 saturated heterocycles. The molecule has 0 aromatic carbocycles. The van der Waals surface area contributed by atoms with Gasteiger partial charge in [-0.1, -0.05) is 46.6 Å². The van der Waals surface area contributed by atoms with Gasteiger partial charge in [0.25, 0.3) is 0 Å². The topological polar surface area (TPSA) is 80.3 Å². The number of hydrogen-bond acceptors (Lipinski definition) is 7. The Hall–Kier alpha value is -2.74.